The van der Waals surface area contributed by atoms with E-state index in [1.54, 1.807) is 5.57 Å². The molecule has 0 aliphatic heterocycles. The van der Waals surface area contributed by atoms with Crippen LogP contribution < -0.4 is 0 Å². The minimum absolute atomic E-state index is 0.190. The SMILES string of the molecule is CC(C)CCC[C@@H](C)[C@H]1CC[C@H]2[C@@H]3CC=C4C[C@H](N=C=O)CC[C@]4(C)[C@H]3CC[C@]12C. The molecule has 0 amide bonds. The van der Waals surface area contributed by atoms with Gasteiger partial charge in [0.05, 0.1) is 6.04 Å². The minimum Gasteiger partial charge on any atom is -0.211 e. The van der Waals surface area contributed by atoms with Gasteiger partial charge >= 0.3 is 0 Å². The Kier molecular flexibility index (Phi) is 6.38. The number of isocyanates is 1. The van der Waals surface area contributed by atoms with E-state index in [1.807, 2.05) is 6.08 Å². The zero-order valence-corrected chi connectivity index (χ0v) is 20.3. The molecule has 8 atom stereocenters. The number of allylic oxidation sites excluding steroid dienone is 1. The molecule has 0 N–H and O–H groups in total. The van der Waals surface area contributed by atoms with Crippen molar-refractivity contribution in [2.75, 3.05) is 0 Å². The van der Waals surface area contributed by atoms with Gasteiger partial charge in [-0.1, -0.05) is 65.5 Å². The molecule has 0 aromatic rings. The van der Waals surface area contributed by atoms with Crippen LogP contribution in [0.5, 0.6) is 0 Å². The van der Waals surface area contributed by atoms with Gasteiger partial charge in [0.25, 0.3) is 0 Å². The maximum absolute atomic E-state index is 10.8. The molecule has 4 rings (SSSR count). The van der Waals surface area contributed by atoms with Crippen molar-refractivity contribution in [1.29, 1.82) is 0 Å². The molecule has 3 fully saturated rings. The number of aliphatic imine (C=N–C) groups is 1. The van der Waals surface area contributed by atoms with Gasteiger partial charge in [-0.2, -0.15) is 0 Å². The first-order valence-electron chi connectivity index (χ1n) is 13.1. The molecule has 4 aliphatic carbocycles. The fourth-order valence-electron chi connectivity index (χ4n) is 8.85. The summed E-state index contributed by atoms with van der Waals surface area (Å²) in [6.45, 7) is 12.5. The van der Waals surface area contributed by atoms with Crippen LogP contribution in [-0.4, -0.2) is 12.1 Å². The summed E-state index contributed by atoms with van der Waals surface area (Å²) in [7, 11) is 0. The highest BCUT2D eigenvalue weighted by Crippen LogP contribution is 2.67. The van der Waals surface area contributed by atoms with Crippen LogP contribution in [0.15, 0.2) is 16.6 Å². The van der Waals surface area contributed by atoms with Crippen LogP contribution in [0.4, 0.5) is 0 Å². The van der Waals surface area contributed by atoms with Crippen molar-refractivity contribution in [3.05, 3.63) is 11.6 Å². The fraction of sp³-hybridized carbons (Fsp3) is 0.893. The second kappa shape index (κ2) is 8.57. The Balaban J connectivity index is 1.49. The van der Waals surface area contributed by atoms with Crippen molar-refractivity contribution in [3.8, 4) is 0 Å². The van der Waals surface area contributed by atoms with Crippen LogP contribution in [0.3, 0.4) is 0 Å². The highest BCUT2D eigenvalue weighted by molar-refractivity contribution is 5.35. The van der Waals surface area contributed by atoms with Crippen molar-refractivity contribution < 1.29 is 4.79 Å². The largest absolute Gasteiger partial charge is 0.235 e. The molecular formula is C28H45NO. The molecule has 0 radical (unpaired) electrons. The van der Waals surface area contributed by atoms with Gasteiger partial charge in [0.2, 0.25) is 6.08 Å². The van der Waals surface area contributed by atoms with Crippen LogP contribution >= 0.6 is 0 Å². The van der Waals surface area contributed by atoms with E-state index in [4.69, 9.17) is 0 Å². The van der Waals surface area contributed by atoms with Gasteiger partial charge in [-0.25, -0.2) is 9.79 Å². The van der Waals surface area contributed by atoms with Crippen LogP contribution in [0.25, 0.3) is 0 Å². The molecule has 0 aromatic heterocycles. The molecule has 168 valence electrons. The second-order valence-corrected chi connectivity index (χ2v) is 12.4. The van der Waals surface area contributed by atoms with E-state index in [0.29, 0.717) is 10.8 Å². The first-order valence-corrected chi connectivity index (χ1v) is 13.1. The molecule has 0 unspecified atom stereocenters. The lowest BCUT2D eigenvalue weighted by atomic mass is 9.47. The summed E-state index contributed by atoms with van der Waals surface area (Å²) in [4.78, 5) is 14.9. The Morgan fingerprint density at radius 1 is 1.07 bits per heavy atom. The predicted octanol–water partition coefficient (Wildman–Crippen LogP) is 7.73. The number of fused-ring (bicyclic) bond motifs is 5. The van der Waals surface area contributed by atoms with E-state index in [-0.39, 0.29) is 6.04 Å². The molecule has 0 saturated heterocycles. The van der Waals surface area contributed by atoms with E-state index in [9.17, 15) is 4.79 Å². The van der Waals surface area contributed by atoms with Crippen molar-refractivity contribution in [1.82, 2.24) is 0 Å². The Hall–Kier alpha value is -0.880. The quantitative estimate of drug-likeness (QED) is 0.250. The van der Waals surface area contributed by atoms with Crippen LogP contribution in [0, 0.1) is 46.3 Å². The smallest absolute Gasteiger partial charge is 0.211 e. The molecule has 3 saturated carbocycles. The molecule has 0 aromatic carbocycles. The topological polar surface area (TPSA) is 29.4 Å². The molecule has 0 spiro atoms. The van der Waals surface area contributed by atoms with E-state index in [1.165, 1.54) is 57.8 Å². The molecule has 2 nitrogen and oxygen atoms in total. The van der Waals surface area contributed by atoms with Crippen LogP contribution in [0.1, 0.15) is 105 Å². The van der Waals surface area contributed by atoms with Crippen molar-refractivity contribution >= 4 is 6.08 Å². The third kappa shape index (κ3) is 3.76. The molecule has 0 bridgehead atoms. The maximum atomic E-state index is 10.8. The lowest BCUT2D eigenvalue weighted by Gasteiger charge is -2.58. The van der Waals surface area contributed by atoms with Crippen LogP contribution in [-0.2, 0) is 4.79 Å². The maximum Gasteiger partial charge on any atom is 0.235 e. The Labute approximate surface area is 185 Å². The number of hydrogen-bond donors (Lipinski definition) is 0. The van der Waals surface area contributed by atoms with Crippen molar-refractivity contribution in [2.45, 2.75) is 111 Å². The Morgan fingerprint density at radius 3 is 2.60 bits per heavy atom. The number of hydrogen-bond acceptors (Lipinski definition) is 2. The van der Waals surface area contributed by atoms with E-state index in [2.05, 4.69) is 45.7 Å². The van der Waals surface area contributed by atoms with Gasteiger partial charge in [-0.15, -0.1) is 0 Å². The zero-order valence-electron chi connectivity index (χ0n) is 20.3. The molecule has 4 aliphatic rings. The number of carbonyl (C=O) groups excluding carboxylic acids is 1. The number of rotatable bonds is 6. The fourth-order valence-corrected chi connectivity index (χ4v) is 8.85. The molecular weight excluding hydrogens is 366 g/mol. The van der Waals surface area contributed by atoms with Crippen LogP contribution in [0.2, 0.25) is 0 Å². The van der Waals surface area contributed by atoms with Gasteiger partial charge in [-0.05, 0) is 97.7 Å². The van der Waals surface area contributed by atoms with Gasteiger partial charge < -0.3 is 0 Å². The average molecular weight is 412 g/mol. The minimum atomic E-state index is 0.190. The summed E-state index contributed by atoms with van der Waals surface area (Å²) in [6, 6.07) is 0.190. The summed E-state index contributed by atoms with van der Waals surface area (Å²) >= 11 is 0. The Morgan fingerprint density at radius 2 is 1.87 bits per heavy atom. The molecule has 2 heteroatoms. The zero-order chi connectivity index (χ0) is 21.5. The highest BCUT2D eigenvalue weighted by Gasteiger charge is 2.59. The lowest BCUT2D eigenvalue weighted by Crippen LogP contribution is -2.50. The summed E-state index contributed by atoms with van der Waals surface area (Å²) < 4.78 is 0. The first kappa shape index (κ1) is 22.3. The van der Waals surface area contributed by atoms with Gasteiger partial charge in [0, 0.05) is 0 Å². The second-order valence-electron chi connectivity index (χ2n) is 12.4. The standard InChI is InChI=1S/C28H45NO/c1-19(2)7-6-8-20(3)24-11-12-25-23-10-9-21-17-22(29-18-30)13-15-27(21,4)26(23)14-16-28(24,25)5/h9,19-20,22-26H,6-8,10-17H2,1-5H3/t20-,22-,23+,24-,25+,26+,27+,28-/m1/s1. The van der Waals surface area contributed by atoms with E-state index >= 15 is 0 Å². The van der Waals surface area contributed by atoms with Gasteiger partial charge in [0.1, 0.15) is 0 Å². The molecule has 30 heavy (non-hydrogen) atoms. The Bertz CT molecular complexity index is 703. The van der Waals surface area contributed by atoms with Crippen molar-refractivity contribution in [2.24, 2.45) is 51.3 Å². The van der Waals surface area contributed by atoms with E-state index < -0.39 is 0 Å². The average Bonchev–Trinajstić information content (AvgIpc) is 3.05. The van der Waals surface area contributed by atoms with Gasteiger partial charge in [0.15, 0.2) is 0 Å². The van der Waals surface area contributed by atoms with Crippen molar-refractivity contribution in [3.63, 3.8) is 0 Å². The summed E-state index contributed by atoms with van der Waals surface area (Å²) in [5.41, 5.74) is 2.55. The third-order valence-electron chi connectivity index (χ3n) is 10.5. The summed E-state index contributed by atoms with van der Waals surface area (Å²) in [5, 5.41) is 0. The normalized spacial score (nSPS) is 43.8. The summed E-state index contributed by atoms with van der Waals surface area (Å²) in [6.07, 6.45) is 19.0. The van der Waals surface area contributed by atoms with E-state index in [0.717, 1.165) is 48.3 Å². The number of nitrogens with zero attached hydrogens (tertiary/aromatic N) is 1. The monoisotopic (exact) mass is 411 g/mol. The molecule has 0 heterocycles. The predicted molar refractivity (Wildman–Crippen MR) is 125 cm³/mol. The lowest BCUT2D eigenvalue weighted by molar-refractivity contribution is -0.0508. The first-order chi connectivity index (χ1) is 14.3. The third-order valence-corrected chi connectivity index (χ3v) is 10.5. The van der Waals surface area contributed by atoms with Gasteiger partial charge in [-0.3, -0.25) is 0 Å². The highest BCUT2D eigenvalue weighted by atomic mass is 16.1. The summed E-state index contributed by atoms with van der Waals surface area (Å²) in [5.74, 6) is 5.33.